The molecule has 4 aromatic rings. The molecular formula is C32H32F5N7O4. The molecule has 2 saturated heterocycles. The van der Waals surface area contributed by atoms with E-state index in [1.165, 1.54) is 18.2 Å². The quantitative estimate of drug-likeness (QED) is 0.254. The van der Waals surface area contributed by atoms with Gasteiger partial charge in [-0.15, -0.1) is 0 Å². The average Bonchev–Trinajstić information content (AvgIpc) is 3.45. The number of carbonyl (C=O) groups excluding carboxylic acids is 2. The Balaban J connectivity index is 1.33. The number of anilines is 3. The SMILES string of the molecule is CN1CCN(c2ccc(C(=O)Nc3n[nH]c4ccc(OCc5cc(F)cc(F)c5)nc34)c(N(C(=O)C(F)(F)F)C3CCOCC3)c2)CC1. The van der Waals surface area contributed by atoms with Crippen molar-refractivity contribution < 1.29 is 41.0 Å². The fourth-order valence-corrected chi connectivity index (χ4v) is 5.80. The van der Waals surface area contributed by atoms with E-state index in [1.54, 1.807) is 12.1 Å². The minimum Gasteiger partial charge on any atom is -0.473 e. The second-order valence-electron chi connectivity index (χ2n) is 11.6. The van der Waals surface area contributed by atoms with Crippen LogP contribution in [0.4, 0.5) is 39.1 Å². The number of likely N-dealkylation sites (N-methyl/N-ethyl adjacent to an activating group) is 1. The van der Waals surface area contributed by atoms with Crippen molar-refractivity contribution in [3.8, 4) is 5.88 Å². The van der Waals surface area contributed by atoms with Gasteiger partial charge in [-0.2, -0.15) is 18.3 Å². The molecule has 48 heavy (non-hydrogen) atoms. The van der Waals surface area contributed by atoms with E-state index in [2.05, 4.69) is 25.4 Å². The largest absolute Gasteiger partial charge is 0.473 e. The van der Waals surface area contributed by atoms with Crippen molar-refractivity contribution >= 4 is 40.0 Å². The first-order chi connectivity index (χ1) is 23.0. The molecule has 4 heterocycles. The number of halogens is 5. The molecule has 254 valence electrons. The summed E-state index contributed by atoms with van der Waals surface area (Å²) in [7, 11) is 1.97. The molecule has 2 aromatic heterocycles. The molecule has 2 fully saturated rings. The predicted octanol–water partition coefficient (Wildman–Crippen LogP) is 4.89. The van der Waals surface area contributed by atoms with Crippen LogP contribution in [0.3, 0.4) is 0 Å². The van der Waals surface area contributed by atoms with Gasteiger partial charge in [0.05, 0.1) is 16.8 Å². The van der Waals surface area contributed by atoms with Gasteiger partial charge in [-0.25, -0.2) is 13.8 Å². The maximum atomic E-state index is 14.1. The third kappa shape index (κ3) is 7.33. The Morgan fingerprint density at radius 1 is 1.02 bits per heavy atom. The molecule has 11 nitrogen and oxygen atoms in total. The number of nitrogens with zero attached hydrogens (tertiary/aromatic N) is 5. The van der Waals surface area contributed by atoms with Crippen molar-refractivity contribution in [2.45, 2.75) is 31.7 Å². The number of nitrogens with one attached hydrogen (secondary N) is 2. The summed E-state index contributed by atoms with van der Waals surface area (Å²) in [5.41, 5.74) is 1.01. The number of hydrogen-bond acceptors (Lipinski definition) is 8. The predicted molar refractivity (Wildman–Crippen MR) is 166 cm³/mol. The summed E-state index contributed by atoms with van der Waals surface area (Å²) >= 11 is 0. The number of amides is 2. The molecule has 6 rings (SSSR count). The molecule has 2 aliphatic rings. The van der Waals surface area contributed by atoms with Crippen LogP contribution in [0.1, 0.15) is 28.8 Å². The summed E-state index contributed by atoms with van der Waals surface area (Å²) in [6.45, 7) is 2.79. The number of rotatable bonds is 8. The minimum atomic E-state index is -5.20. The highest BCUT2D eigenvalue weighted by Gasteiger charge is 2.46. The Morgan fingerprint density at radius 3 is 2.42 bits per heavy atom. The number of ether oxygens (including phenoxy) is 2. The van der Waals surface area contributed by atoms with Crippen LogP contribution >= 0.6 is 0 Å². The molecular weight excluding hydrogens is 641 g/mol. The number of aromatic nitrogens is 3. The van der Waals surface area contributed by atoms with E-state index >= 15 is 0 Å². The molecule has 16 heteroatoms. The molecule has 2 amide bonds. The zero-order valence-electron chi connectivity index (χ0n) is 25.8. The van der Waals surface area contributed by atoms with Crippen molar-refractivity contribution in [2.24, 2.45) is 0 Å². The fourth-order valence-electron chi connectivity index (χ4n) is 5.80. The Bertz CT molecular complexity index is 1780. The van der Waals surface area contributed by atoms with E-state index in [9.17, 15) is 31.5 Å². The lowest BCUT2D eigenvalue weighted by Crippen LogP contribution is -2.50. The van der Waals surface area contributed by atoms with Crippen LogP contribution in [0, 0.1) is 11.6 Å². The van der Waals surface area contributed by atoms with Gasteiger partial charge in [0.2, 0.25) is 5.88 Å². The van der Waals surface area contributed by atoms with Crippen LogP contribution in [0.25, 0.3) is 11.0 Å². The molecule has 0 unspecified atom stereocenters. The summed E-state index contributed by atoms with van der Waals surface area (Å²) in [5.74, 6) is -4.42. The van der Waals surface area contributed by atoms with Crippen LogP contribution in [-0.2, 0) is 16.1 Å². The Morgan fingerprint density at radius 2 is 1.73 bits per heavy atom. The van der Waals surface area contributed by atoms with Gasteiger partial charge in [-0.3, -0.25) is 14.7 Å². The Labute approximate surface area is 271 Å². The maximum absolute atomic E-state index is 14.1. The van der Waals surface area contributed by atoms with Crippen molar-refractivity contribution in [2.75, 3.05) is 61.6 Å². The second-order valence-corrected chi connectivity index (χ2v) is 11.6. The molecule has 2 N–H and O–H groups in total. The molecule has 0 spiro atoms. The number of carbonyl (C=O) groups is 2. The lowest BCUT2D eigenvalue weighted by Gasteiger charge is -2.37. The summed E-state index contributed by atoms with van der Waals surface area (Å²) < 4.78 is 80.4. The highest BCUT2D eigenvalue weighted by molar-refractivity contribution is 6.13. The van der Waals surface area contributed by atoms with Gasteiger partial charge in [-0.05, 0) is 61.9 Å². The maximum Gasteiger partial charge on any atom is 0.471 e. The van der Waals surface area contributed by atoms with Crippen molar-refractivity contribution in [1.82, 2.24) is 20.1 Å². The van der Waals surface area contributed by atoms with Gasteiger partial charge in [0, 0.05) is 63.3 Å². The number of hydrogen-bond donors (Lipinski definition) is 2. The van der Waals surface area contributed by atoms with E-state index in [0.717, 1.165) is 31.3 Å². The third-order valence-corrected chi connectivity index (χ3v) is 8.29. The molecule has 2 aliphatic heterocycles. The molecule has 0 aliphatic carbocycles. The fraction of sp³-hybridized carbons (Fsp3) is 0.375. The number of fused-ring (bicyclic) bond motifs is 1. The Kier molecular flexibility index (Phi) is 9.46. The topological polar surface area (TPSA) is 116 Å². The van der Waals surface area contributed by atoms with Gasteiger partial charge in [-0.1, -0.05) is 0 Å². The summed E-state index contributed by atoms with van der Waals surface area (Å²) in [4.78, 5) is 36.1. The third-order valence-electron chi connectivity index (χ3n) is 8.29. The van der Waals surface area contributed by atoms with Gasteiger partial charge >= 0.3 is 12.1 Å². The highest BCUT2D eigenvalue weighted by atomic mass is 19.4. The number of pyridine rings is 1. The zero-order valence-corrected chi connectivity index (χ0v) is 25.8. The van der Waals surface area contributed by atoms with E-state index < -0.39 is 35.7 Å². The van der Waals surface area contributed by atoms with Gasteiger partial charge < -0.3 is 29.5 Å². The normalized spacial score (nSPS) is 16.2. The first-order valence-electron chi connectivity index (χ1n) is 15.3. The van der Waals surface area contributed by atoms with Crippen LogP contribution in [0.2, 0.25) is 0 Å². The van der Waals surface area contributed by atoms with Crippen LogP contribution in [0.15, 0.2) is 48.5 Å². The van der Waals surface area contributed by atoms with Crippen LogP contribution in [0.5, 0.6) is 5.88 Å². The number of piperazine rings is 1. The van der Waals surface area contributed by atoms with Crippen molar-refractivity contribution in [1.29, 1.82) is 0 Å². The number of alkyl halides is 3. The van der Waals surface area contributed by atoms with Gasteiger partial charge in [0.25, 0.3) is 5.91 Å². The summed E-state index contributed by atoms with van der Waals surface area (Å²) in [5, 5.41) is 9.46. The van der Waals surface area contributed by atoms with Crippen LogP contribution < -0.4 is 19.9 Å². The van der Waals surface area contributed by atoms with E-state index in [1.807, 2.05) is 11.9 Å². The van der Waals surface area contributed by atoms with E-state index in [4.69, 9.17) is 9.47 Å². The number of benzene rings is 2. The average molecular weight is 674 g/mol. The first kappa shape index (κ1) is 33.1. The van der Waals surface area contributed by atoms with Crippen molar-refractivity contribution in [3.05, 3.63) is 71.3 Å². The monoisotopic (exact) mass is 673 g/mol. The second kappa shape index (κ2) is 13.7. The van der Waals surface area contributed by atoms with Gasteiger partial charge in [0.1, 0.15) is 23.8 Å². The van der Waals surface area contributed by atoms with E-state index in [-0.39, 0.29) is 66.7 Å². The lowest BCUT2D eigenvalue weighted by molar-refractivity contribution is -0.171. The van der Waals surface area contributed by atoms with E-state index in [0.29, 0.717) is 29.2 Å². The molecule has 0 radical (unpaired) electrons. The molecule has 0 bridgehead atoms. The summed E-state index contributed by atoms with van der Waals surface area (Å²) in [6.07, 6.45) is -4.90. The first-order valence-corrected chi connectivity index (χ1v) is 15.3. The van der Waals surface area contributed by atoms with Crippen molar-refractivity contribution in [3.63, 3.8) is 0 Å². The summed E-state index contributed by atoms with van der Waals surface area (Å²) in [6, 6.07) is 9.68. The standard InChI is InChI=1S/C32H32F5N7O4/c1-42-8-10-43(11-9-42)23-2-3-24(26(17-23)44(31(46)32(35,36)37)22-6-12-47-13-7-22)30(45)39-29-28-25(40-41-29)4-5-27(38-28)48-18-19-14-20(33)16-21(34)15-19/h2-5,14-17,22H,6-13,18H2,1H3,(H2,39,40,41,45). The smallest absolute Gasteiger partial charge is 0.471 e. The zero-order chi connectivity index (χ0) is 34.0. The molecule has 0 saturated carbocycles. The lowest BCUT2D eigenvalue weighted by atomic mass is 10.0. The van der Waals surface area contributed by atoms with Crippen LogP contribution in [-0.4, -0.2) is 90.6 Å². The highest BCUT2D eigenvalue weighted by Crippen LogP contribution is 2.35. The number of H-pyrrole nitrogens is 1. The number of aromatic amines is 1. The minimum absolute atomic E-state index is 0.0499. The Hall–Kier alpha value is -4.83. The van der Waals surface area contributed by atoms with Gasteiger partial charge in [0.15, 0.2) is 5.82 Å². The molecule has 2 aromatic carbocycles. The molecule has 0 atom stereocenters.